The molecule has 4 aromatic carbocycles. The van der Waals surface area contributed by atoms with Gasteiger partial charge in [0.05, 0.1) is 10.6 Å². The lowest BCUT2D eigenvalue weighted by Gasteiger charge is -2.24. The molecule has 0 radical (unpaired) electrons. The molecular formula is C30H30N4O4. The fourth-order valence-electron chi connectivity index (χ4n) is 4.78. The highest BCUT2D eigenvalue weighted by Gasteiger charge is 2.20. The molecule has 8 heteroatoms. The van der Waals surface area contributed by atoms with Crippen molar-refractivity contribution in [1.29, 1.82) is 0 Å². The van der Waals surface area contributed by atoms with Crippen molar-refractivity contribution in [3.8, 4) is 5.75 Å². The lowest BCUT2D eigenvalue weighted by atomic mass is 10.0. The molecule has 1 N–H and O–H groups in total. The topological polar surface area (TPSA) is 104 Å². The van der Waals surface area contributed by atoms with E-state index in [4.69, 9.17) is 4.42 Å². The fraction of sp³-hybridized carbons (Fsp3) is 0.267. The van der Waals surface area contributed by atoms with Crippen molar-refractivity contribution in [2.24, 2.45) is 10.2 Å². The third kappa shape index (κ3) is 4.77. The van der Waals surface area contributed by atoms with E-state index in [9.17, 15) is 15.2 Å². The van der Waals surface area contributed by atoms with Gasteiger partial charge >= 0.3 is 0 Å². The zero-order valence-electron chi connectivity index (χ0n) is 21.6. The van der Waals surface area contributed by atoms with Crippen LogP contribution in [-0.2, 0) is 0 Å². The Hall–Kier alpha value is -4.46. The second-order valence-corrected chi connectivity index (χ2v) is 9.40. The predicted molar refractivity (Wildman–Crippen MR) is 152 cm³/mol. The number of non-ortho nitro benzene ring substituents is 1. The van der Waals surface area contributed by atoms with Gasteiger partial charge in [0.1, 0.15) is 11.3 Å². The summed E-state index contributed by atoms with van der Waals surface area (Å²) < 4.78 is 6.27. The molecule has 1 heterocycles. The summed E-state index contributed by atoms with van der Waals surface area (Å²) in [5.74, 6) is -0.0871. The number of anilines is 1. The monoisotopic (exact) mass is 510 g/mol. The van der Waals surface area contributed by atoms with E-state index in [1.54, 1.807) is 0 Å². The zero-order chi connectivity index (χ0) is 26.6. The molecule has 0 aliphatic rings. The van der Waals surface area contributed by atoms with Crippen molar-refractivity contribution in [3.05, 3.63) is 76.8 Å². The molecule has 0 aliphatic carbocycles. The van der Waals surface area contributed by atoms with Crippen LogP contribution < -0.4 is 4.90 Å². The van der Waals surface area contributed by atoms with E-state index < -0.39 is 4.92 Å². The van der Waals surface area contributed by atoms with Crippen LogP contribution in [0.25, 0.3) is 32.7 Å². The van der Waals surface area contributed by atoms with Gasteiger partial charge in [0, 0.05) is 53.1 Å². The first-order valence-electron chi connectivity index (χ1n) is 13.0. The van der Waals surface area contributed by atoms with Crippen molar-refractivity contribution < 1.29 is 14.4 Å². The smallest absolute Gasteiger partial charge is 0.269 e. The number of nitro groups is 1. The molecule has 8 nitrogen and oxygen atoms in total. The second kappa shape index (κ2) is 10.9. The van der Waals surface area contributed by atoms with Gasteiger partial charge in [0.2, 0.25) is 0 Å². The van der Waals surface area contributed by atoms with Crippen molar-refractivity contribution in [2.45, 2.75) is 39.5 Å². The van der Waals surface area contributed by atoms with Gasteiger partial charge in [-0.3, -0.25) is 10.1 Å². The number of hydrogen-bond acceptors (Lipinski definition) is 7. The summed E-state index contributed by atoms with van der Waals surface area (Å²) >= 11 is 0. The fourth-order valence-corrected chi connectivity index (χ4v) is 4.78. The Bertz CT molecular complexity index is 1630. The number of benzene rings is 4. The normalized spacial score (nSPS) is 11.7. The summed E-state index contributed by atoms with van der Waals surface area (Å²) in [6.07, 6.45) is 4.51. The molecule has 0 fully saturated rings. The van der Waals surface area contributed by atoms with Gasteiger partial charge in [-0.2, -0.15) is 5.11 Å². The Morgan fingerprint density at radius 2 is 1.58 bits per heavy atom. The number of azo groups is 1. The quantitative estimate of drug-likeness (QED) is 0.115. The Morgan fingerprint density at radius 1 is 0.895 bits per heavy atom. The first-order chi connectivity index (χ1) is 18.5. The average molecular weight is 511 g/mol. The molecule has 38 heavy (non-hydrogen) atoms. The summed E-state index contributed by atoms with van der Waals surface area (Å²) in [5.41, 5.74) is 2.89. The minimum atomic E-state index is -0.464. The molecule has 5 rings (SSSR count). The molecular weight excluding hydrogens is 480 g/mol. The average Bonchev–Trinajstić information content (AvgIpc) is 3.33. The number of furan rings is 1. The third-order valence-corrected chi connectivity index (χ3v) is 6.82. The van der Waals surface area contributed by atoms with Crippen LogP contribution in [0.3, 0.4) is 0 Å². The Labute approximate surface area is 220 Å². The SMILES string of the molecule is CCCCN(CCCC)c1ccc2c(c1)oc1c(O)c(N=Nc3ccc([N+](=O)[O-])cc3)c3ccccc3c12. The minimum absolute atomic E-state index is 0.0248. The number of nitrogens with zero attached hydrogens (tertiary/aromatic N) is 4. The summed E-state index contributed by atoms with van der Waals surface area (Å²) in [7, 11) is 0. The molecule has 194 valence electrons. The lowest BCUT2D eigenvalue weighted by Crippen LogP contribution is -2.25. The number of aromatic hydroxyl groups is 1. The van der Waals surface area contributed by atoms with Crippen molar-refractivity contribution in [1.82, 2.24) is 0 Å². The van der Waals surface area contributed by atoms with Crippen LogP contribution >= 0.6 is 0 Å². The summed E-state index contributed by atoms with van der Waals surface area (Å²) in [4.78, 5) is 12.9. The number of rotatable bonds is 10. The van der Waals surface area contributed by atoms with Crippen LogP contribution in [-0.4, -0.2) is 23.1 Å². The zero-order valence-corrected chi connectivity index (χ0v) is 21.6. The maximum absolute atomic E-state index is 11.3. The number of hydrogen-bond donors (Lipinski definition) is 1. The Balaban J connectivity index is 1.62. The van der Waals surface area contributed by atoms with Crippen LogP contribution in [0.15, 0.2) is 81.4 Å². The van der Waals surface area contributed by atoms with Crippen LogP contribution in [0, 0.1) is 10.1 Å². The second-order valence-electron chi connectivity index (χ2n) is 9.40. The molecule has 0 amide bonds. The van der Waals surface area contributed by atoms with Crippen molar-refractivity contribution in [3.63, 3.8) is 0 Å². The highest BCUT2D eigenvalue weighted by molar-refractivity contribution is 6.23. The van der Waals surface area contributed by atoms with E-state index in [-0.39, 0.29) is 11.4 Å². The van der Waals surface area contributed by atoms with Gasteiger partial charge in [0.25, 0.3) is 5.69 Å². The number of unbranched alkanes of at least 4 members (excludes halogenated alkanes) is 2. The molecule has 0 aliphatic heterocycles. The van der Waals surface area contributed by atoms with Crippen LogP contribution in [0.2, 0.25) is 0 Å². The molecule has 0 saturated carbocycles. The van der Waals surface area contributed by atoms with Gasteiger partial charge < -0.3 is 14.4 Å². The maximum atomic E-state index is 11.3. The van der Waals surface area contributed by atoms with Gasteiger partial charge in [-0.15, -0.1) is 5.11 Å². The van der Waals surface area contributed by atoms with E-state index in [0.29, 0.717) is 22.5 Å². The molecule has 0 unspecified atom stereocenters. The molecule has 0 bridgehead atoms. The first kappa shape index (κ1) is 25.2. The largest absolute Gasteiger partial charge is 0.503 e. The summed E-state index contributed by atoms with van der Waals surface area (Å²) in [6.45, 7) is 6.38. The van der Waals surface area contributed by atoms with E-state index in [1.807, 2.05) is 24.3 Å². The van der Waals surface area contributed by atoms with E-state index in [2.05, 4.69) is 47.2 Å². The van der Waals surface area contributed by atoms with Crippen LogP contribution in [0.4, 0.5) is 22.7 Å². The standard InChI is InChI=1S/C30H30N4O4/c1-3-5-17-33(18-6-4-2)22-15-16-25-26(19-22)38-30-27(25)23-9-7-8-10-24(23)28(29(30)35)32-31-20-11-13-21(14-12-20)34(36)37/h7-16,19,35H,3-6,17-18H2,1-2H3. The van der Waals surface area contributed by atoms with E-state index >= 15 is 0 Å². The van der Waals surface area contributed by atoms with E-state index in [0.717, 1.165) is 66.0 Å². The molecule has 0 saturated heterocycles. The first-order valence-corrected chi connectivity index (χ1v) is 13.0. The molecule has 1 aromatic heterocycles. The Morgan fingerprint density at radius 3 is 2.24 bits per heavy atom. The van der Waals surface area contributed by atoms with Gasteiger partial charge in [-0.25, -0.2) is 0 Å². The predicted octanol–water partition coefficient (Wildman–Crippen LogP) is 9.17. The highest BCUT2D eigenvalue weighted by Crippen LogP contribution is 2.47. The van der Waals surface area contributed by atoms with Crippen LogP contribution in [0.5, 0.6) is 5.75 Å². The minimum Gasteiger partial charge on any atom is -0.503 e. The number of fused-ring (bicyclic) bond motifs is 5. The molecule has 0 atom stereocenters. The number of phenols is 1. The Kier molecular flexibility index (Phi) is 7.22. The number of phenolic OH excluding ortho intramolecular Hbond substituents is 1. The van der Waals surface area contributed by atoms with Gasteiger partial charge in [-0.1, -0.05) is 51.0 Å². The van der Waals surface area contributed by atoms with E-state index in [1.165, 1.54) is 24.3 Å². The van der Waals surface area contributed by atoms with Crippen molar-refractivity contribution >= 4 is 55.5 Å². The summed E-state index contributed by atoms with van der Waals surface area (Å²) in [6, 6.07) is 19.8. The number of nitro benzene ring substituents is 1. The molecule has 0 spiro atoms. The summed E-state index contributed by atoms with van der Waals surface area (Å²) in [5, 5.41) is 34.2. The maximum Gasteiger partial charge on any atom is 0.269 e. The highest BCUT2D eigenvalue weighted by atomic mass is 16.6. The molecule has 5 aromatic rings. The van der Waals surface area contributed by atoms with Gasteiger partial charge in [0.15, 0.2) is 11.3 Å². The third-order valence-electron chi connectivity index (χ3n) is 6.82. The lowest BCUT2D eigenvalue weighted by molar-refractivity contribution is -0.384. The van der Waals surface area contributed by atoms with Crippen molar-refractivity contribution in [2.75, 3.05) is 18.0 Å². The van der Waals surface area contributed by atoms with Gasteiger partial charge in [-0.05, 0) is 42.5 Å². The van der Waals surface area contributed by atoms with Crippen LogP contribution in [0.1, 0.15) is 39.5 Å².